The average molecular weight is 270 g/mol. The molecule has 0 spiro atoms. The maximum absolute atomic E-state index is 11.1. The molecule has 0 saturated heterocycles. The first-order valence-electron chi connectivity index (χ1n) is 5.90. The molecule has 0 fully saturated rings. The monoisotopic (exact) mass is 270 g/mol. The summed E-state index contributed by atoms with van der Waals surface area (Å²) in [5.74, 6) is -0.000369. The predicted octanol–water partition coefficient (Wildman–Crippen LogP) is 1.36. The molecule has 0 saturated carbocycles. The van der Waals surface area contributed by atoms with Gasteiger partial charge in [0, 0.05) is 12.1 Å². The van der Waals surface area contributed by atoms with Crippen molar-refractivity contribution in [3.8, 4) is 5.88 Å². The number of aliphatic hydroxyl groups is 1. The minimum absolute atomic E-state index is 0.0205. The number of hydrogen-bond donors (Lipinski definition) is 2. The van der Waals surface area contributed by atoms with Gasteiger partial charge >= 0.3 is 5.69 Å². The molecule has 0 bridgehead atoms. The molecule has 106 valence electrons. The van der Waals surface area contributed by atoms with Crippen LogP contribution in [0, 0.1) is 10.1 Å². The molecule has 0 aromatic carbocycles. The zero-order chi connectivity index (χ0) is 14.5. The van der Waals surface area contributed by atoms with Gasteiger partial charge in [-0.2, -0.15) is 4.98 Å². The average Bonchev–Trinajstić information content (AvgIpc) is 2.38. The molecule has 0 amide bonds. The highest BCUT2D eigenvalue weighted by Crippen LogP contribution is 2.33. The van der Waals surface area contributed by atoms with E-state index in [1.807, 2.05) is 13.8 Å². The van der Waals surface area contributed by atoms with Gasteiger partial charge < -0.3 is 15.2 Å². The van der Waals surface area contributed by atoms with Crippen LogP contribution in [0.3, 0.4) is 0 Å². The lowest BCUT2D eigenvalue weighted by Crippen LogP contribution is -2.35. The Labute approximate surface area is 111 Å². The van der Waals surface area contributed by atoms with E-state index in [0.29, 0.717) is 12.8 Å². The van der Waals surface area contributed by atoms with Crippen LogP contribution in [0.4, 0.5) is 11.5 Å². The van der Waals surface area contributed by atoms with Crippen molar-refractivity contribution in [2.45, 2.75) is 32.2 Å². The first-order valence-corrected chi connectivity index (χ1v) is 5.90. The lowest BCUT2D eigenvalue weighted by Gasteiger charge is -2.29. The Morgan fingerprint density at radius 3 is 2.74 bits per heavy atom. The van der Waals surface area contributed by atoms with Crippen molar-refractivity contribution < 1.29 is 14.8 Å². The third kappa shape index (κ3) is 3.50. The lowest BCUT2D eigenvalue weighted by atomic mass is 9.95. The van der Waals surface area contributed by atoms with E-state index in [9.17, 15) is 10.1 Å². The molecule has 0 aliphatic rings. The van der Waals surface area contributed by atoms with Gasteiger partial charge in [0.15, 0.2) is 0 Å². The molecule has 0 radical (unpaired) electrons. The number of aromatic nitrogens is 2. The van der Waals surface area contributed by atoms with Crippen molar-refractivity contribution in [1.29, 1.82) is 0 Å². The van der Waals surface area contributed by atoms with Crippen LogP contribution in [0.1, 0.15) is 26.7 Å². The van der Waals surface area contributed by atoms with E-state index in [4.69, 9.17) is 9.84 Å². The molecule has 19 heavy (non-hydrogen) atoms. The summed E-state index contributed by atoms with van der Waals surface area (Å²) in [6.45, 7) is 3.77. The Balaban J connectivity index is 3.16. The Bertz CT molecular complexity index is 454. The van der Waals surface area contributed by atoms with E-state index in [0.717, 1.165) is 0 Å². The van der Waals surface area contributed by atoms with Crippen LogP contribution in [0.5, 0.6) is 5.88 Å². The van der Waals surface area contributed by atoms with Gasteiger partial charge in [0.05, 0.1) is 12.0 Å². The van der Waals surface area contributed by atoms with Crippen molar-refractivity contribution in [3.63, 3.8) is 0 Å². The second kappa shape index (κ2) is 6.28. The van der Waals surface area contributed by atoms with Crippen LogP contribution in [0.2, 0.25) is 0 Å². The Morgan fingerprint density at radius 2 is 2.26 bits per heavy atom. The van der Waals surface area contributed by atoms with Gasteiger partial charge in [-0.1, -0.05) is 6.92 Å². The van der Waals surface area contributed by atoms with Crippen LogP contribution in [0.15, 0.2) is 6.33 Å². The van der Waals surface area contributed by atoms with Crippen LogP contribution in [-0.2, 0) is 0 Å². The number of ether oxygens (including phenoxy) is 1. The van der Waals surface area contributed by atoms with Crippen molar-refractivity contribution in [1.82, 2.24) is 9.97 Å². The minimum Gasteiger partial charge on any atom is -0.476 e. The number of methoxy groups -OCH3 is 1. The smallest absolute Gasteiger partial charge is 0.372 e. The summed E-state index contributed by atoms with van der Waals surface area (Å²) in [6.07, 6.45) is 2.33. The number of nitro groups is 1. The fraction of sp³-hybridized carbons (Fsp3) is 0.636. The highest BCUT2D eigenvalue weighted by molar-refractivity contribution is 5.62. The van der Waals surface area contributed by atoms with Gasteiger partial charge in [-0.3, -0.25) is 10.1 Å². The maximum Gasteiger partial charge on any atom is 0.372 e. The number of aliphatic hydroxyl groups excluding tert-OH is 1. The van der Waals surface area contributed by atoms with E-state index in [1.54, 1.807) is 0 Å². The van der Waals surface area contributed by atoms with E-state index in [1.165, 1.54) is 13.4 Å². The fourth-order valence-electron chi connectivity index (χ4n) is 1.63. The topological polar surface area (TPSA) is 110 Å². The molecule has 1 aromatic heterocycles. The summed E-state index contributed by atoms with van der Waals surface area (Å²) >= 11 is 0. The van der Waals surface area contributed by atoms with E-state index in [-0.39, 0.29) is 24.0 Å². The van der Waals surface area contributed by atoms with Crippen LogP contribution in [-0.4, -0.2) is 39.3 Å². The fourth-order valence-corrected chi connectivity index (χ4v) is 1.63. The number of hydrogen-bond acceptors (Lipinski definition) is 7. The second-order valence-electron chi connectivity index (χ2n) is 4.35. The third-order valence-electron chi connectivity index (χ3n) is 3.03. The second-order valence-corrected chi connectivity index (χ2v) is 4.35. The standard InChI is InChI=1S/C11H18N4O4/c1-4-11(2,5-6-16)14-9-8(15(17)18)10(19-3)13-7-12-9/h7,16H,4-6H2,1-3H3,(H,12,13,14). The summed E-state index contributed by atoms with van der Waals surface area (Å²) in [4.78, 5) is 18.1. The number of nitrogens with one attached hydrogen (secondary N) is 1. The summed E-state index contributed by atoms with van der Waals surface area (Å²) in [5, 5.41) is 23.1. The molecular formula is C11H18N4O4. The highest BCUT2D eigenvalue weighted by atomic mass is 16.6. The van der Waals surface area contributed by atoms with E-state index >= 15 is 0 Å². The number of anilines is 1. The molecule has 1 atom stereocenters. The van der Waals surface area contributed by atoms with E-state index < -0.39 is 10.5 Å². The van der Waals surface area contributed by atoms with Gasteiger partial charge in [0.25, 0.3) is 5.88 Å². The summed E-state index contributed by atoms with van der Waals surface area (Å²) < 4.78 is 4.87. The third-order valence-corrected chi connectivity index (χ3v) is 3.03. The lowest BCUT2D eigenvalue weighted by molar-refractivity contribution is -0.385. The largest absolute Gasteiger partial charge is 0.476 e. The van der Waals surface area contributed by atoms with Crippen molar-refractivity contribution in [2.24, 2.45) is 0 Å². The molecule has 1 unspecified atom stereocenters. The molecule has 1 rings (SSSR count). The van der Waals surface area contributed by atoms with Crippen molar-refractivity contribution in [3.05, 3.63) is 16.4 Å². The van der Waals surface area contributed by atoms with Crippen LogP contribution in [0.25, 0.3) is 0 Å². The summed E-state index contributed by atoms with van der Waals surface area (Å²) in [6, 6.07) is 0. The highest BCUT2D eigenvalue weighted by Gasteiger charge is 2.29. The van der Waals surface area contributed by atoms with Gasteiger partial charge in [0.2, 0.25) is 5.82 Å². The van der Waals surface area contributed by atoms with Crippen molar-refractivity contribution >= 4 is 11.5 Å². The normalized spacial score (nSPS) is 13.7. The Kier molecular flexibility index (Phi) is 4.99. The molecular weight excluding hydrogens is 252 g/mol. The van der Waals surface area contributed by atoms with Gasteiger partial charge in [-0.15, -0.1) is 0 Å². The van der Waals surface area contributed by atoms with Gasteiger partial charge in [-0.25, -0.2) is 4.98 Å². The molecule has 8 nitrogen and oxygen atoms in total. The molecule has 2 N–H and O–H groups in total. The Hall–Kier alpha value is -1.96. The van der Waals surface area contributed by atoms with E-state index in [2.05, 4.69) is 15.3 Å². The zero-order valence-corrected chi connectivity index (χ0v) is 11.2. The Morgan fingerprint density at radius 1 is 1.58 bits per heavy atom. The zero-order valence-electron chi connectivity index (χ0n) is 11.2. The van der Waals surface area contributed by atoms with Gasteiger partial charge in [-0.05, 0) is 19.8 Å². The van der Waals surface area contributed by atoms with Crippen LogP contribution >= 0.6 is 0 Å². The van der Waals surface area contributed by atoms with Crippen LogP contribution < -0.4 is 10.1 Å². The predicted molar refractivity (Wildman–Crippen MR) is 69.3 cm³/mol. The molecule has 8 heteroatoms. The molecule has 0 aliphatic heterocycles. The maximum atomic E-state index is 11.1. The summed E-state index contributed by atoms with van der Waals surface area (Å²) in [7, 11) is 1.31. The summed E-state index contributed by atoms with van der Waals surface area (Å²) in [5.41, 5.74) is -0.790. The quantitative estimate of drug-likeness (QED) is 0.568. The first kappa shape index (κ1) is 15.1. The number of rotatable bonds is 7. The SMILES string of the molecule is CCC(C)(CCO)Nc1ncnc(OC)c1[N+](=O)[O-]. The minimum atomic E-state index is -0.587. The van der Waals surface area contributed by atoms with Gasteiger partial charge in [0.1, 0.15) is 6.33 Å². The molecule has 1 heterocycles. The molecule has 1 aromatic rings. The first-order chi connectivity index (χ1) is 8.97. The number of nitrogens with zero attached hydrogens (tertiary/aromatic N) is 3. The molecule has 0 aliphatic carbocycles. The van der Waals surface area contributed by atoms with Crippen molar-refractivity contribution in [2.75, 3.05) is 19.0 Å².